The van der Waals surface area contributed by atoms with Gasteiger partial charge in [0.05, 0.1) is 12.4 Å². The molecular weight excluding hydrogens is 377 g/mol. The Balaban J connectivity index is 4.82. The summed E-state index contributed by atoms with van der Waals surface area (Å²) in [5.74, 6) is -2.05. The largest absolute Gasteiger partial charge is 0.471 e. The molecule has 0 fully saturated rings. The van der Waals surface area contributed by atoms with Gasteiger partial charge in [0, 0.05) is 5.57 Å². The van der Waals surface area contributed by atoms with Crippen molar-refractivity contribution in [2.45, 2.75) is 24.8 Å². The molecule has 0 bridgehead atoms. The zero-order valence-corrected chi connectivity index (χ0v) is 13.1. The molecule has 0 radical (unpaired) electrons. The van der Waals surface area contributed by atoms with Crippen LogP contribution in [0.4, 0.5) is 22.0 Å². The number of hydrogen-bond donors (Lipinski definition) is 1. The normalized spacial score (nSPS) is 13.7. The summed E-state index contributed by atoms with van der Waals surface area (Å²) in [6, 6.07) is 0. The minimum atomic E-state index is -6.56. The molecule has 14 heteroatoms. The first kappa shape index (κ1) is 21.7. The van der Waals surface area contributed by atoms with Crippen LogP contribution in [0, 0.1) is 0 Å². The van der Waals surface area contributed by atoms with Gasteiger partial charge in [-0.3, -0.25) is 0 Å². The zero-order valence-electron chi connectivity index (χ0n) is 11.5. The Hall–Kier alpha value is -1.28. The van der Waals surface area contributed by atoms with Gasteiger partial charge >= 0.3 is 17.4 Å². The molecule has 0 aliphatic heterocycles. The lowest BCUT2D eigenvalue weighted by atomic mass is 10.4. The maximum Gasteiger partial charge on any atom is 0.471 e. The molecule has 0 aromatic heterocycles. The molecule has 0 amide bonds. The van der Waals surface area contributed by atoms with Gasteiger partial charge in [0.2, 0.25) is 10.0 Å². The molecule has 7 nitrogen and oxygen atoms in total. The average Bonchev–Trinajstić information content (AvgIpc) is 2.31. The molecule has 1 N–H and O–H groups in total. The SMILES string of the molecule is C=C(C)C(=O)OCCCS(=O)(=O)NS(=O)(=O)C(F)(F)C(F)(F)F. The highest BCUT2D eigenvalue weighted by Gasteiger charge is 2.68. The lowest BCUT2D eigenvalue weighted by Crippen LogP contribution is -2.51. The fourth-order valence-corrected chi connectivity index (χ4v) is 3.84. The zero-order chi connectivity index (χ0) is 18.7. The Labute approximate surface area is 128 Å². The van der Waals surface area contributed by atoms with E-state index >= 15 is 0 Å². The molecule has 136 valence electrons. The summed E-state index contributed by atoms with van der Waals surface area (Å²) in [6.07, 6.45) is -7.03. The number of carbonyl (C=O) groups excluding carboxylic acids is 1. The molecule has 0 aliphatic carbocycles. The Bertz CT molecular complexity index is 667. The molecule has 0 aliphatic rings. The van der Waals surface area contributed by atoms with E-state index in [0.29, 0.717) is 4.13 Å². The van der Waals surface area contributed by atoms with E-state index in [1.807, 2.05) is 0 Å². The third kappa shape index (κ3) is 6.02. The predicted octanol–water partition coefficient (Wildman–Crippen LogP) is 0.900. The summed E-state index contributed by atoms with van der Waals surface area (Å²) in [7, 11) is -11.6. The van der Waals surface area contributed by atoms with Crippen molar-refractivity contribution < 1.29 is 48.3 Å². The van der Waals surface area contributed by atoms with Crippen molar-refractivity contribution in [3.8, 4) is 0 Å². The summed E-state index contributed by atoms with van der Waals surface area (Å²) in [4.78, 5) is 10.9. The summed E-state index contributed by atoms with van der Waals surface area (Å²) in [5.41, 5.74) is -0.0154. The van der Waals surface area contributed by atoms with E-state index in [-0.39, 0.29) is 5.57 Å². The summed E-state index contributed by atoms with van der Waals surface area (Å²) in [6.45, 7) is 3.95. The lowest BCUT2D eigenvalue weighted by molar-refractivity contribution is -0.241. The van der Waals surface area contributed by atoms with Crippen LogP contribution in [0.2, 0.25) is 0 Å². The van der Waals surface area contributed by atoms with Crippen molar-refractivity contribution in [1.82, 2.24) is 4.13 Å². The van der Waals surface area contributed by atoms with Gasteiger partial charge in [-0.25, -0.2) is 21.6 Å². The number of alkyl halides is 5. The van der Waals surface area contributed by atoms with E-state index in [9.17, 15) is 43.6 Å². The van der Waals surface area contributed by atoms with Crippen molar-refractivity contribution in [3.05, 3.63) is 12.2 Å². The molecule has 0 aromatic carbocycles. The molecule has 0 unspecified atom stereocenters. The topological polar surface area (TPSA) is 107 Å². The van der Waals surface area contributed by atoms with Gasteiger partial charge in [-0.2, -0.15) is 22.0 Å². The second-order valence-electron chi connectivity index (χ2n) is 4.19. The van der Waals surface area contributed by atoms with Gasteiger partial charge in [0.15, 0.2) is 0 Å². The van der Waals surface area contributed by atoms with E-state index in [1.54, 1.807) is 0 Å². The average molecular weight is 389 g/mol. The fourth-order valence-electron chi connectivity index (χ4n) is 0.951. The molecule has 0 saturated carbocycles. The van der Waals surface area contributed by atoms with Crippen LogP contribution in [-0.2, 0) is 29.6 Å². The maximum absolute atomic E-state index is 12.7. The highest BCUT2D eigenvalue weighted by molar-refractivity contribution is 8.05. The summed E-state index contributed by atoms with van der Waals surface area (Å²) in [5, 5.41) is -6.29. The Morgan fingerprint density at radius 1 is 1.13 bits per heavy atom. The molecule has 23 heavy (non-hydrogen) atoms. The van der Waals surface area contributed by atoms with E-state index in [2.05, 4.69) is 11.3 Å². The van der Waals surface area contributed by atoms with E-state index in [4.69, 9.17) is 0 Å². The number of carbonyl (C=O) groups is 1. The van der Waals surface area contributed by atoms with Crippen molar-refractivity contribution >= 4 is 26.0 Å². The van der Waals surface area contributed by atoms with Gasteiger partial charge in [-0.15, -0.1) is 4.13 Å². The number of rotatable bonds is 8. The summed E-state index contributed by atoms with van der Waals surface area (Å²) < 4.78 is 110. The molecule has 0 rings (SSSR count). The van der Waals surface area contributed by atoms with Crippen LogP contribution < -0.4 is 4.13 Å². The van der Waals surface area contributed by atoms with Crippen LogP contribution in [0.1, 0.15) is 13.3 Å². The van der Waals surface area contributed by atoms with Crippen LogP contribution in [0.15, 0.2) is 12.2 Å². The van der Waals surface area contributed by atoms with Crippen molar-refractivity contribution in [3.63, 3.8) is 0 Å². The van der Waals surface area contributed by atoms with Crippen molar-refractivity contribution in [2.75, 3.05) is 12.4 Å². The van der Waals surface area contributed by atoms with Gasteiger partial charge < -0.3 is 4.74 Å². The van der Waals surface area contributed by atoms with Crippen LogP contribution in [0.3, 0.4) is 0 Å². The molecule has 0 spiro atoms. The Morgan fingerprint density at radius 3 is 2.00 bits per heavy atom. The number of hydrogen-bond acceptors (Lipinski definition) is 6. The van der Waals surface area contributed by atoms with E-state index in [1.165, 1.54) is 6.92 Å². The standard InChI is InChI=1S/C9H12F5NO6S2/c1-6(2)7(16)21-4-3-5-22(17,18)15-23(19,20)9(13,14)8(10,11)12/h15H,1,3-5H2,2H3. The second kappa shape index (κ2) is 7.09. The Kier molecular flexibility index (Phi) is 6.69. The van der Waals surface area contributed by atoms with Crippen LogP contribution in [0.5, 0.6) is 0 Å². The van der Waals surface area contributed by atoms with Crippen LogP contribution in [0.25, 0.3) is 0 Å². The summed E-state index contributed by atoms with van der Waals surface area (Å²) >= 11 is 0. The minimum Gasteiger partial charge on any atom is -0.462 e. The lowest BCUT2D eigenvalue weighted by Gasteiger charge is -2.19. The smallest absolute Gasteiger partial charge is 0.462 e. The molecule has 0 heterocycles. The van der Waals surface area contributed by atoms with Gasteiger partial charge in [0.1, 0.15) is 0 Å². The first-order valence-corrected chi connectivity index (χ1v) is 8.70. The second-order valence-corrected chi connectivity index (χ2v) is 8.01. The first-order valence-electron chi connectivity index (χ1n) is 5.56. The van der Waals surface area contributed by atoms with E-state index < -0.39 is 56.2 Å². The van der Waals surface area contributed by atoms with Crippen molar-refractivity contribution in [2.24, 2.45) is 0 Å². The molecule has 0 saturated heterocycles. The molecule has 0 aromatic rings. The van der Waals surface area contributed by atoms with Crippen LogP contribution in [-0.4, -0.2) is 46.6 Å². The van der Waals surface area contributed by atoms with Gasteiger partial charge in [-0.05, 0) is 13.3 Å². The van der Waals surface area contributed by atoms with Crippen molar-refractivity contribution in [1.29, 1.82) is 0 Å². The van der Waals surface area contributed by atoms with Gasteiger partial charge in [0.25, 0.3) is 10.0 Å². The minimum absolute atomic E-state index is 0.0154. The quantitative estimate of drug-likeness (QED) is 0.286. The number of nitrogens with one attached hydrogen (secondary N) is 1. The first-order chi connectivity index (χ1) is 10.0. The Morgan fingerprint density at radius 2 is 1.61 bits per heavy atom. The number of esters is 1. The number of sulfonamides is 2. The third-order valence-corrected chi connectivity index (χ3v) is 5.67. The predicted molar refractivity (Wildman–Crippen MR) is 67.2 cm³/mol. The highest BCUT2D eigenvalue weighted by Crippen LogP contribution is 2.39. The molecular formula is C9H12F5NO6S2. The number of halogens is 5. The monoisotopic (exact) mass is 389 g/mol. The maximum atomic E-state index is 12.7. The van der Waals surface area contributed by atoms with Gasteiger partial charge in [-0.1, -0.05) is 6.58 Å². The van der Waals surface area contributed by atoms with E-state index in [0.717, 1.165) is 0 Å². The molecule has 0 atom stereocenters. The highest BCUT2D eigenvalue weighted by atomic mass is 32.3. The van der Waals surface area contributed by atoms with Crippen LogP contribution >= 0.6 is 0 Å². The third-order valence-electron chi connectivity index (χ3n) is 2.04. The number of ether oxygens (including phenoxy) is 1. The fraction of sp³-hybridized carbons (Fsp3) is 0.667.